The fraction of sp³-hybridized carbons (Fsp3) is 0.200. The largest absolute Gasteiger partial charge is 0.110 e. The average Bonchev–Trinajstić information content (AvgIpc) is 2.92. The maximum atomic E-state index is 6.94. The molecule has 0 spiro atoms. The van der Waals surface area contributed by atoms with Crippen LogP contribution in [0.25, 0.3) is 12.2 Å². The van der Waals surface area contributed by atoms with Gasteiger partial charge in [0.05, 0.1) is 19.3 Å². The zero-order chi connectivity index (χ0) is 16.2. The van der Waals surface area contributed by atoms with E-state index in [-0.39, 0.29) is 21.7 Å². The van der Waals surface area contributed by atoms with Crippen molar-refractivity contribution in [2.45, 2.75) is 23.6 Å². The Morgan fingerprint density at radius 3 is 1.46 bits per heavy atom. The molecule has 24 heavy (non-hydrogen) atoms. The third-order valence-electron chi connectivity index (χ3n) is 5.18. The van der Waals surface area contributed by atoms with E-state index in [0.717, 1.165) is 0 Å². The summed E-state index contributed by atoms with van der Waals surface area (Å²) in [4.78, 5) is -0.795. The van der Waals surface area contributed by atoms with E-state index in [2.05, 4.69) is 74.5 Å². The summed E-state index contributed by atoms with van der Waals surface area (Å²) in [7, 11) is -0.714. The van der Waals surface area contributed by atoms with Crippen molar-refractivity contribution in [2.75, 3.05) is 0 Å². The molecule has 0 saturated heterocycles. The molecular formula is C20H18Cl2SiTi. The van der Waals surface area contributed by atoms with Crippen molar-refractivity contribution < 1.29 is 21.7 Å². The molecule has 2 aliphatic carbocycles. The Morgan fingerprint density at radius 1 is 0.708 bits per heavy atom. The van der Waals surface area contributed by atoms with Gasteiger partial charge in [-0.25, -0.2) is 0 Å². The van der Waals surface area contributed by atoms with E-state index in [1.807, 2.05) is 0 Å². The van der Waals surface area contributed by atoms with E-state index >= 15 is 0 Å². The molecule has 0 bridgehead atoms. The minimum Gasteiger partial charge on any atom is -0.110 e. The van der Waals surface area contributed by atoms with E-state index < -0.39 is 19.3 Å². The van der Waals surface area contributed by atoms with E-state index in [1.165, 1.54) is 32.6 Å². The van der Waals surface area contributed by atoms with Gasteiger partial charge >= 0.3 is 0 Å². The number of rotatable bonds is 2. The molecule has 0 heterocycles. The smallest absolute Gasteiger partial charge is 0.0848 e. The average molecular weight is 405 g/mol. The van der Waals surface area contributed by atoms with E-state index in [9.17, 15) is 0 Å². The molecule has 0 radical (unpaired) electrons. The Hall–Kier alpha value is -0.569. The number of fused-ring (bicyclic) bond motifs is 2. The number of hydrogen-bond donors (Lipinski definition) is 0. The van der Waals surface area contributed by atoms with Crippen molar-refractivity contribution in [1.29, 1.82) is 0 Å². The fourth-order valence-electron chi connectivity index (χ4n) is 3.73. The fourth-order valence-corrected chi connectivity index (χ4v) is 6.69. The molecule has 0 aliphatic heterocycles. The zero-order valence-electron chi connectivity index (χ0n) is 13.7. The molecule has 2 aliphatic rings. The first-order chi connectivity index (χ1) is 10.9. The van der Waals surface area contributed by atoms with Gasteiger partial charge in [0, 0.05) is 21.7 Å². The molecule has 0 saturated carbocycles. The number of hydrogen-bond acceptors (Lipinski definition) is 0. The molecule has 0 N–H and O–H groups in total. The molecule has 0 aromatic heterocycles. The zero-order valence-corrected chi connectivity index (χ0v) is 18.2. The summed E-state index contributed by atoms with van der Waals surface area (Å²) in [6.45, 7) is 4.24. The standard InChI is InChI=1S/C20H18Cl2Si.Ti/c1-19(21)15-9-5-3-7-13(15)11-17(19)23-18-12-14-8-4-6-10-16(14)20(18,2)22;/h3-12H,23H2,1-2H3;. The van der Waals surface area contributed by atoms with Gasteiger partial charge in [-0.15, -0.1) is 23.2 Å². The van der Waals surface area contributed by atoms with Crippen molar-refractivity contribution in [3.63, 3.8) is 0 Å². The molecule has 120 valence electrons. The van der Waals surface area contributed by atoms with Crippen LogP contribution in [-0.2, 0) is 31.5 Å². The van der Waals surface area contributed by atoms with Crippen LogP contribution in [-0.4, -0.2) is 9.52 Å². The van der Waals surface area contributed by atoms with Crippen LogP contribution >= 0.6 is 23.2 Å². The topological polar surface area (TPSA) is 0 Å². The van der Waals surface area contributed by atoms with Crippen molar-refractivity contribution in [1.82, 2.24) is 0 Å². The summed E-state index contributed by atoms with van der Waals surface area (Å²) in [6, 6.07) is 16.8. The molecule has 0 nitrogen and oxygen atoms in total. The quantitative estimate of drug-likeness (QED) is 0.478. The summed E-state index contributed by atoms with van der Waals surface area (Å²) >= 11 is 13.9. The van der Waals surface area contributed by atoms with Crippen LogP contribution in [0.5, 0.6) is 0 Å². The summed E-state index contributed by atoms with van der Waals surface area (Å²) in [6.07, 6.45) is 4.57. The second kappa shape index (κ2) is 6.30. The van der Waals surface area contributed by atoms with Gasteiger partial charge < -0.3 is 0 Å². The van der Waals surface area contributed by atoms with Gasteiger partial charge in [-0.2, -0.15) is 0 Å². The molecule has 2 unspecified atom stereocenters. The minimum atomic E-state index is -0.714. The monoisotopic (exact) mass is 404 g/mol. The molecule has 2 atom stereocenters. The first-order valence-corrected chi connectivity index (χ1v) is 10.1. The maximum absolute atomic E-state index is 6.94. The Morgan fingerprint density at radius 2 is 1.08 bits per heavy atom. The third-order valence-corrected chi connectivity index (χ3v) is 9.10. The Kier molecular flexibility index (Phi) is 4.79. The molecule has 2 aromatic carbocycles. The van der Waals surface area contributed by atoms with Crippen LogP contribution in [0.1, 0.15) is 36.1 Å². The predicted molar refractivity (Wildman–Crippen MR) is 104 cm³/mol. The SMILES string of the molecule is CC1(Cl)C([SiH2]C2=Cc3ccccc3C2(C)Cl)=Cc2ccccc21.[Ti]. The molecule has 2 aromatic rings. The van der Waals surface area contributed by atoms with Gasteiger partial charge in [-0.3, -0.25) is 0 Å². The van der Waals surface area contributed by atoms with Gasteiger partial charge in [0.25, 0.3) is 0 Å². The minimum absolute atomic E-state index is 0. The van der Waals surface area contributed by atoms with Gasteiger partial charge in [-0.1, -0.05) is 71.1 Å². The normalized spacial score (nSPS) is 27.5. The van der Waals surface area contributed by atoms with Crippen molar-refractivity contribution in [3.05, 3.63) is 81.2 Å². The predicted octanol–water partition coefficient (Wildman–Crippen LogP) is 5.17. The molecule has 4 heteroatoms. The van der Waals surface area contributed by atoms with Crippen LogP contribution < -0.4 is 0 Å². The summed E-state index contributed by atoms with van der Waals surface area (Å²) in [5, 5.41) is 2.71. The van der Waals surface area contributed by atoms with Gasteiger partial charge in [0.15, 0.2) is 0 Å². The van der Waals surface area contributed by atoms with Crippen LogP contribution in [0.15, 0.2) is 58.9 Å². The van der Waals surface area contributed by atoms with E-state index in [0.29, 0.717) is 0 Å². The second-order valence-corrected chi connectivity index (χ2v) is 10.1. The Balaban J connectivity index is 0.00000169. The van der Waals surface area contributed by atoms with Gasteiger partial charge in [0.2, 0.25) is 0 Å². The summed E-state index contributed by atoms with van der Waals surface area (Å²) in [5.41, 5.74) is 4.94. The van der Waals surface area contributed by atoms with Crippen LogP contribution in [0.4, 0.5) is 0 Å². The third kappa shape index (κ3) is 2.71. The number of benzene rings is 2. The van der Waals surface area contributed by atoms with Crippen molar-refractivity contribution in [2.24, 2.45) is 0 Å². The van der Waals surface area contributed by atoms with Gasteiger partial charge in [-0.05, 0) is 36.1 Å². The molecule has 0 fully saturated rings. The molecule has 4 rings (SSSR count). The Bertz CT molecular complexity index is 794. The van der Waals surface area contributed by atoms with Crippen LogP contribution in [0.3, 0.4) is 0 Å². The maximum Gasteiger partial charge on any atom is 0.0848 e. The number of halogens is 2. The van der Waals surface area contributed by atoms with E-state index in [1.54, 1.807) is 0 Å². The molecular weight excluding hydrogens is 387 g/mol. The van der Waals surface area contributed by atoms with E-state index in [4.69, 9.17) is 23.2 Å². The summed E-state index contributed by atoms with van der Waals surface area (Å²) in [5.74, 6) is 0. The number of allylic oxidation sites excluding steroid dienone is 2. The first kappa shape index (κ1) is 18.2. The second-order valence-electron chi connectivity index (χ2n) is 6.70. The van der Waals surface area contributed by atoms with Crippen molar-refractivity contribution in [3.8, 4) is 0 Å². The number of alkyl halides is 2. The van der Waals surface area contributed by atoms with Crippen LogP contribution in [0, 0.1) is 0 Å². The first-order valence-electron chi connectivity index (χ1n) is 7.89. The van der Waals surface area contributed by atoms with Gasteiger partial charge in [0.1, 0.15) is 0 Å². The Labute approximate surface area is 170 Å². The molecule has 0 amide bonds. The van der Waals surface area contributed by atoms with Crippen LogP contribution in [0.2, 0.25) is 0 Å². The summed E-state index contributed by atoms with van der Waals surface area (Å²) < 4.78 is 0. The van der Waals surface area contributed by atoms with Crippen molar-refractivity contribution >= 4 is 44.9 Å².